The molecule has 1 N–H and O–H groups in total. The number of aromatic nitrogens is 3. The van der Waals surface area contributed by atoms with Crippen molar-refractivity contribution >= 4 is 11.5 Å². The zero-order valence-electron chi connectivity index (χ0n) is 12.1. The van der Waals surface area contributed by atoms with Gasteiger partial charge in [0.2, 0.25) is 0 Å². The minimum atomic E-state index is -0.930. The molecule has 1 aromatic carbocycles. The van der Waals surface area contributed by atoms with Crippen LogP contribution in [-0.4, -0.2) is 25.3 Å². The third kappa shape index (κ3) is 2.50. The van der Waals surface area contributed by atoms with Crippen molar-refractivity contribution in [3.8, 4) is 11.3 Å². The van der Waals surface area contributed by atoms with E-state index in [0.717, 1.165) is 16.8 Å². The van der Waals surface area contributed by atoms with Crippen molar-refractivity contribution in [2.24, 2.45) is 0 Å². The number of fused-ring (bicyclic) bond motifs is 1. The predicted octanol–water partition coefficient (Wildman–Crippen LogP) is 1.95. The van der Waals surface area contributed by atoms with E-state index in [1.165, 1.54) is 9.08 Å². The number of carboxylic acids is 1. The van der Waals surface area contributed by atoms with Crippen molar-refractivity contribution in [2.75, 3.05) is 0 Å². The first-order valence-corrected chi connectivity index (χ1v) is 6.93. The van der Waals surface area contributed by atoms with Crippen molar-refractivity contribution < 1.29 is 9.90 Å². The third-order valence-electron chi connectivity index (χ3n) is 3.59. The number of benzene rings is 1. The Morgan fingerprint density at radius 1 is 1.27 bits per heavy atom. The van der Waals surface area contributed by atoms with Gasteiger partial charge >= 0.3 is 5.97 Å². The lowest BCUT2D eigenvalue weighted by Crippen LogP contribution is -2.22. The molecule has 2 aromatic heterocycles. The van der Waals surface area contributed by atoms with Gasteiger partial charge in [-0.1, -0.05) is 24.3 Å². The van der Waals surface area contributed by atoms with Gasteiger partial charge in [0.15, 0.2) is 0 Å². The highest BCUT2D eigenvalue weighted by Crippen LogP contribution is 2.21. The third-order valence-corrected chi connectivity index (χ3v) is 3.59. The molecule has 3 aromatic rings. The Bertz CT molecular complexity index is 908. The van der Waals surface area contributed by atoms with Gasteiger partial charge in [0.05, 0.1) is 12.1 Å². The molecular formula is C16H15N3O3. The van der Waals surface area contributed by atoms with Crippen LogP contribution in [0, 0.1) is 6.92 Å². The summed E-state index contributed by atoms with van der Waals surface area (Å²) in [5.74, 6) is -0.930. The second kappa shape index (κ2) is 5.48. The topological polar surface area (TPSA) is 76.6 Å². The first-order chi connectivity index (χ1) is 10.6. The number of aliphatic carboxylic acids is 1. The van der Waals surface area contributed by atoms with Crippen LogP contribution >= 0.6 is 0 Å². The van der Waals surface area contributed by atoms with Crippen molar-refractivity contribution in [2.45, 2.75) is 19.9 Å². The van der Waals surface area contributed by atoms with Crippen LogP contribution in [0.25, 0.3) is 16.8 Å². The van der Waals surface area contributed by atoms with E-state index in [4.69, 9.17) is 5.11 Å². The van der Waals surface area contributed by atoms with Crippen LogP contribution in [0.2, 0.25) is 0 Å². The predicted molar refractivity (Wildman–Crippen MR) is 81.9 cm³/mol. The highest BCUT2D eigenvalue weighted by Gasteiger charge is 2.11. The maximum absolute atomic E-state index is 12.4. The highest BCUT2D eigenvalue weighted by molar-refractivity contribution is 5.68. The molecule has 0 atom stereocenters. The summed E-state index contributed by atoms with van der Waals surface area (Å²) < 4.78 is 2.92. The molecule has 0 unspecified atom stereocenters. The minimum absolute atomic E-state index is 0.0884. The average Bonchev–Trinajstić information content (AvgIpc) is 2.91. The molecule has 0 spiro atoms. The number of carbonyl (C=O) groups is 1. The van der Waals surface area contributed by atoms with Gasteiger partial charge in [-0.3, -0.25) is 9.59 Å². The van der Waals surface area contributed by atoms with Gasteiger partial charge in [-0.05, 0) is 18.6 Å². The molecule has 0 aliphatic heterocycles. The molecule has 3 rings (SSSR count). The first kappa shape index (κ1) is 14.1. The van der Waals surface area contributed by atoms with Crippen LogP contribution in [0.5, 0.6) is 0 Å². The molecule has 22 heavy (non-hydrogen) atoms. The molecule has 0 fully saturated rings. The van der Waals surface area contributed by atoms with E-state index in [1.54, 1.807) is 18.5 Å². The fourth-order valence-corrected chi connectivity index (χ4v) is 2.41. The molecule has 0 amide bonds. The molecule has 6 nitrogen and oxygen atoms in total. The van der Waals surface area contributed by atoms with E-state index in [0.29, 0.717) is 5.52 Å². The van der Waals surface area contributed by atoms with Crippen LogP contribution in [0.1, 0.15) is 12.0 Å². The van der Waals surface area contributed by atoms with E-state index in [1.807, 2.05) is 31.2 Å². The molecule has 0 aliphatic rings. The lowest BCUT2D eigenvalue weighted by molar-refractivity contribution is -0.137. The maximum atomic E-state index is 12.4. The standard InChI is InChI=1S/C16H15N3O3/c1-11-4-2-3-5-12(11)13-10-14-16(22)18(7-6-15(20)21)8-9-19(14)17-13/h2-5,8-10H,6-7H2,1H3,(H,20,21). The number of rotatable bonds is 4. The molecule has 6 heteroatoms. The molecule has 2 heterocycles. The Hall–Kier alpha value is -2.89. The van der Waals surface area contributed by atoms with Gasteiger partial charge in [0, 0.05) is 24.5 Å². The summed E-state index contributed by atoms with van der Waals surface area (Å²) >= 11 is 0. The molecule has 0 bridgehead atoms. The normalized spacial score (nSPS) is 11.0. The Balaban J connectivity index is 2.07. The SMILES string of the molecule is Cc1ccccc1-c1cc2c(=O)n(CCC(=O)O)ccn2n1. The minimum Gasteiger partial charge on any atom is -0.481 e. The van der Waals surface area contributed by atoms with E-state index >= 15 is 0 Å². The van der Waals surface area contributed by atoms with Crippen LogP contribution in [0.15, 0.2) is 47.5 Å². The molecular weight excluding hydrogens is 282 g/mol. The smallest absolute Gasteiger partial charge is 0.305 e. The monoisotopic (exact) mass is 297 g/mol. The summed E-state index contributed by atoms with van der Waals surface area (Å²) in [5, 5.41) is 13.2. The Labute approximate surface area is 126 Å². The Kier molecular flexibility index (Phi) is 3.50. The van der Waals surface area contributed by atoms with Crippen molar-refractivity contribution in [3.05, 3.63) is 58.6 Å². The number of nitrogens with zero attached hydrogens (tertiary/aromatic N) is 3. The van der Waals surface area contributed by atoms with Crippen molar-refractivity contribution in [1.82, 2.24) is 14.2 Å². The fourth-order valence-electron chi connectivity index (χ4n) is 2.41. The molecule has 0 saturated heterocycles. The summed E-state index contributed by atoms with van der Waals surface area (Å²) in [6.07, 6.45) is 3.14. The van der Waals surface area contributed by atoms with Crippen LogP contribution in [0.4, 0.5) is 0 Å². The number of aryl methyl sites for hydroxylation is 2. The fraction of sp³-hybridized carbons (Fsp3) is 0.188. The summed E-state index contributed by atoms with van der Waals surface area (Å²) in [7, 11) is 0. The van der Waals surface area contributed by atoms with Crippen LogP contribution < -0.4 is 5.56 Å². The maximum Gasteiger partial charge on any atom is 0.305 e. The van der Waals surface area contributed by atoms with Gasteiger partial charge in [0.1, 0.15) is 5.52 Å². The molecule has 0 aliphatic carbocycles. The van der Waals surface area contributed by atoms with Gasteiger partial charge in [-0.15, -0.1) is 0 Å². The van der Waals surface area contributed by atoms with Crippen molar-refractivity contribution in [1.29, 1.82) is 0 Å². The lowest BCUT2D eigenvalue weighted by atomic mass is 10.1. The van der Waals surface area contributed by atoms with Crippen LogP contribution in [-0.2, 0) is 11.3 Å². The first-order valence-electron chi connectivity index (χ1n) is 6.93. The molecule has 0 saturated carbocycles. The second-order valence-corrected chi connectivity index (χ2v) is 5.11. The van der Waals surface area contributed by atoms with Crippen molar-refractivity contribution in [3.63, 3.8) is 0 Å². The Morgan fingerprint density at radius 3 is 2.77 bits per heavy atom. The zero-order valence-corrected chi connectivity index (χ0v) is 12.1. The van der Waals surface area contributed by atoms with Gasteiger partial charge in [-0.2, -0.15) is 5.10 Å². The second-order valence-electron chi connectivity index (χ2n) is 5.11. The molecule has 112 valence electrons. The van der Waals surface area contributed by atoms with Gasteiger partial charge in [-0.25, -0.2) is 4.52 Å². The average molecular weight is 297 g/mol. The number of hydrogen-bond donors (Lipinski definition) is 1. The molecule has 0 radical (unpaired) electrons. The van der Waals surface area contributed by atoms with Crippen LogP contribution in [0.3, 0.4) is 0 Å². The number of carboxylic acid groups (broad SMARTS) is 1. The summed E-state index contributed by atoms with van der Waals surface area (Å²) in [6, 6.07) is 9.57. The highest BCUT2D eigenvalue weighted by atomic mass is 16.4. The quantitative estimate of drug-likeness (QED) is 0.798. The number of hydrogen-bond acceptors (Lipinski definition) is 3. The largest absolute Gasteiger partial charge is 0.481 e. The summed E-state index contributed by atoms with van der Waals surface area (Å²) in [6.45, 7) is 2.14. The summed E-state index contributed by atoms with van der Waals surface area (Å²) in [4.78, 5) is 23.0. The zero-order chi connectivity index (χ0) is 15.7. The lowest BCUT2D eigenvalue weighted by Gasteiger charge is -2.03. The van der Waals surface area contributed by atoms with E-state index in [-0.39, 0.29) is 18.5 Å². The Morgan fingerprint density at radius 2 is 2.05 bits per heavy atom. The summed E-state index contributed by atoms with van der Waals surface area (Å²) in [5.41, 5.74) is 2.98. The van der Waals surface area contributed by atoms with E-state index in [9.17, 15) is 9.59 Å². The van der Waals surface area contributed by atoms with E-state index in [2.05, 4.69) is 5.10 Å². The van der Waals surface area contributed by atoms with Gasteiger partial charge < -0.3 is 9.67 Å². The van der Waals surface area contributed by atoms with E-state index < -0.39 is 5.97 Å². The van der Waals surface area contributed by atoms with Gasteiger partial charge in [0.25, 0.3) is 5.56 Å².